The van der Waals surface area contributed by atoms with Crippen LogP contribution in [0.15, 0.2) is 41.2 Å². The van der Waals surface area contributed by atoms with Gasteiger partial charge in [0, 0.05) is 38.4 Å². The topological polar surface area (TPSA) is 135 Å². The Morgan fingerprint density at radius 1 is 1.04 bits per heavy atom. The summed E-state index contributed by atoms with van der Waals surface area (Å²) in [6.07, 6.45) is 14.6. The van der Waals surface area contributed by atoms with E-state index >= 15 is 0 Å². The van der Waals surface area contributed by atoms with E-state index < -0.39 is 47.9 Å². The number of carbonyl (C=O) groups excluding carboxylic acids is 3. The molecule has 1 aliphatic carbocycles. The largest absolute Gasteiger partial charge is 0.389 e. The van der Waals surface area contributed by atoms with E-state index in [9.17, 15) is 24.6 Å². The summed E-state index contributed by atoms with van der Waals surface area (Å²) in [5.41, 5.74) is 2.92. The molecule has 4 unspecified atom stereocenters. The van der Waals surface area contributed by atoms with Crippen LogP contribution in [-0.2, 0) is 20.8 Å². The van der Waals surface area contributed by atoms with E-state index in [1.165, 1.54) is 11.3 Å². The van der Waals surface area contributed by atoms with Gasteiger partial charge in [0.25, 0.3) is 0 Å². The number of terminal acetylenes is 2. The number of hydrogen-bond acceptors (Lipinski definition) is 8. The Morgan fingerprint density at radius 3 is 2.37 bits per heavy atom. The van der Waals surface area contributed by atoms with E-state index in [4.69, 9.17) is 12.8 Å². The Bertz CT molecular complexity index is 1390. The number of benzene rings is 1. The number of carbonyl (C=O) groups is 3. The third kappa shape index (κ3) is 12.6. The van der Waals surface area contributed by atoms with E-state index in [0.29, 0.717) is 25.2 Å². The van der Waals surface area contributed by atoms with E-state index in [0.717, 1.165) is 44.2 Å². The van der Waals surface area contributed by atoms with Crippen molar-refractivity contribution >= 4 is 29.1 Å². The molecule has 6 atom stereocenters. The molecule has 266 valence electrons. The van der Waals surface area contributed by atoms with Crippen LogP contribution in [0.2, 0.25) is 0 Å². The van der Waals surface area contributed by atoms with Gasteiger partial charge in [-0.3, -0.25) is 14.4 Å². The fraction of sp³-hybridized carbons (Fsp3) is 0.579. The van der Waals surface area contributed by atoms with Crippen molar-refractivity contribution in [1.82, 2.24) is 25.4 Å². The van der Waals surface area contributed by atoms with Gasteiger partial charge in [-0.25, -0.2) is 4.98 Å². The number of thiazole rings is 1. The standard InChI is InChI=1S/C38H53N5O5S/c1-6-15-33(44)36(46)31(23-28-18-13-10-14-19-28)40-38(48)35(30(7-2)32-25-49-26-39-32)41-37(47)29(22-27-16-11-9-12-17-27)24-34(45)43(5)21-20-42(4)8-3/h1-2,9,11-12,16-17,25-26,28-31,33,35-36,44,46H,8,10,13-15,18-24H2,3-5H3,(H,40,48)(H,41,47)/t29?,30?,31?,33?,35-,36+/m0/s1. The first-order valence-electron chi connectivity index (χ1n) is 17.3. The van der Waals surface area contributed by atoms with Gasteiger partial charge < -0.3 is 30.6 Å². The Balaban J connectivity index is 1.91. The quantitative estimate of drug-likeness (QED) is 0.166. The molecular weight excluding hydrogens is 639 g/mol. The lowest BCUT2D eigenvalue weighted by Gasteiger charge is -2.34. The van der Waals surface area contributed by atoms with Crippen molar-refractivity contribution in [2.75, 3.05) is 33.7 Å². The molecule has 1 aromatic carbocycles. The van der Waals surface area contributed by atoms with Crippen LogP contribution in [0.3, 0.4) is 0 Å². The summed E-state index contributed by atoms with van der Waals surface area (Å²) in [7, 11) is 3.70. The van der Waals surface area contributed by atoms with Crippen LogP contribution in [0.25, 0.3) is 0 Å². The molecule has 3 rings (SSSR count). The summed E-state index contributed by atoms with van der Waals surface area (Å²) >= 11 is 1.31. The van der Waals surface area contributed by atoms with Crippen LogP contribution in [0.4, 0.5) is 0 Å². The normalized spacial score (nSPS) is 17.1. The molecule has 0 bridgehead atoms. The van der Waals surface area contributed by atoms with Gasteiger partial charge in [-0.1, -0.05) is 75.3 Å². The summed E-state index contributed by atoms with van der Waals surface area (Å²) in [5.74, 6) is 2.25. The summed E-state index contributed by atoms with van der Waals surface area (Å²) in [6.45, 7) is 4.09. The van der Waals surface area contributed by atoms with Gasteiger partial charge in [-0.15, -0.1) is 30.1 Å². The van der Waals surface area contributed by atoms with Crippen molar-refractivity contribution < 1.29 is 24.6 Å². The molecule has 1 saturated carbocycles. The number of likely N-dealkylation sites (N-methyl/N-ethyl adjacent to an activating group) is 2. The van der Waals surface area contributed by atoms with Gasteiger partial charge >= 0.3 is 0 Å². The molecule has 1 heterocycles. The Kier molecular flexibility index (Phi) is 16.8. The van der Waals surface area contributed by atoms with Crippen molar-refractivity contribution in [2.24, 2.45) is 11.8 Å². The molecule has 4 N–H and O–H groups in total. The molecule has 3 amide bonds. The smallest absolute Gasteiger partial charge is 0.244 e. The first-order valence-corrected chi connectivity index (χ1v) is 18.2. The number of amides is 3. The lowest BCUT2D eigenvalue weighted by Crippen LogP contribution is -2.57. The molecule has 1 aromatic heterocycles. The van der Waals surface area contributed by atoms with Crippen molar-refractivity contribution in [3.8, 4) is 24.7 Å². The minimum atomic E-state index is -1.33. The molecular formula is C38H53N5O5S. The van der Waals surface area contributed by atoms with E-state index in [-0.39, 0.29) is 31.1 Å². The molecule has 0 aliphatic heterocycles. The molecule has 1 fully saturated rings. The summed E-state index contributed by atoms with van der Waals surface area (Å²) < 4.78 is 0. The molecule has 49 heavy (non-hydrogen) atoms. The van der Waals surface area contributed by atoms with Gasteiger partial charge in [0.1, 0.15) is 12.1 Å². The van der Waals surface area contributed by atoms with Crippen LogP contribution >= 0.6 is 11.3 Å². The van der Waals surface area contributed by atoms with Crippen molar-refractivity contribution in [2.45, 2.75) is 94.9 Å². The first-order chi connectivity index (χ1) is 23.6. The van der Waals surface area contributed by atoms with Crippen molar-refractivity contribution in [3.63, 3.8) is 0 Å². The van der Waals surface area contributed by atoms with E-state index in [1.54, 1.807) is 22.8 Å². The summed E-state index contributed by atoms with van der Waals surface area (Å²) in [6, 6.07) is 7.32. The van der Waals surface area contributed by atoms with Gasteiger partial charge in [-0.2, -0.15) is 0 Å². The second kappa shape index (κ2) is 20.7. The number of nitrogens with one attached hydrogen (secondary N) is 2. The van der Waals surface area contributed by atoms with Gasteiger partial charge in [-0.05, 0) is 37.9 Å². The predicted molar refractivity (Wildman–Crippen MR) is 193 cm³/mol. The minimum Gasteiger partial charge on any atom is -0.389 e. The first kappa shape index (κ1) is 39.7. The number of rotatable bonds is 19. The SMILES string of the molecule is C#CCC(O)[C@H](O)C(CC1CCCCC1)NC(=O)[C@@H](NC(=O)C(CC(=O)N(C)CCN(C)CC)Cc1ccccc1)C(C#C)c1cscn1. The van der Waals surface area contributed by atoms with Gasteiger partial charge in [0.2, 0.25) is 17.7 Å². The highest BCUT2D eigenvalue weighted by atomic mass is 32.1. The third-order valence-electron chi connectivity index (χ3n) is 9.54. The number of nitrogens with zero attached hydrogens (tertiary/aromatic N) is 3. The Labute approximate surface area is 296 Å². The zero-order chi connectivity index (χ0) is 35.8. The molecule has 10 nitrogen and oxygen atoms in total. The average Bonchev–Trinajstić information content (AvgIpc) is 3.65. The highest BCUT2D eigenvalue weighted by molar-refractivity contribution is 7.07. The average molecular weight is 692 g/mol. The maximum absolute atomic E-state index is 14.2. The predicted octanol–water partition coefficient (Wildman–Crippen LogP) is 3.20. The Hall–Kier alpha value is -3.74. The third-order valence-corrected chi connectivity index (χ3v) is 10.1. The number of aliphatic hydroxyl groups excluding tert-OH is 2. The second-order valence-corrected chi connectivity index (χ2v) is 13.9. The lowest BCUT2D eigenvalue weighted by molar-refractivity contribution is -0.137. The van der Waals surface area contributed by atoms with Gasteiger partial charge in [0.05, 0.1) is 35.2 Å². The van der Waals surface area contributed by atoms with Crippen molar-refractivity contribution in [1.29, 1.82) is 0 Å². The molecule has 1 aliphatic rings. The fourth-order valence-corrected chi connectivity index (χ4v) is 6.86. The zero-order valence-corrected chi connectivity index (χ0v) is 29.9. The van der Waals surface area contributed by atoms with Gasteiger partial charge in [0.15, 0.2) is 0 Å². The van der Waals surface area contributed by atoms with Crippen LogP contribution < -0.4 is 10.6 Å². The minimum absolute atomic E-state index is 0.0693. The van der Waals surface area contributed by atoms with E-state index in [2.05, 4.69) is 32.4 Å². The monoisotopic (exact) mass is 691 g/mol. The molecule has 0 radical (unpaired) electrons. The molecule has 0 saturated heterocycles. The van der Waals surface area contributed by atoms with E-state index in [1.807, 2.05) is 44.3 Å². The number of aromatic nitrogens is 1. The summed E-state index contributed by atoms with van der Waals surface area (Å²) in [5, 5.41) is 29.4. The Morgan fingerprint density at radius 2 is 1.76 bits per heavy atom. The highest BCUT2D eigenvalue weighted by Gasteiger charge is 2.37. The maximum atomic E-state index is 14.2. The molecule has 0 spiro atoms. The number of aliphatic hydroxyl groups is 2. The highest BCUT2D eigenvalue weighted by Crippen LogP contribution is 2.29. The maximum Gasteiger partial charge on any atom is 0.244 e. The number of hydrogen-bond donors (Lipinski definition) is 4. The molecule has 11 heteroatoms. The van der Waals surface area contributed by atoms with Crippen molar-refractivity contribution in [3.05, 3.63) is 52.5 Å². The fourth-order valence-electron chi connectivity index (χ4n) is 6.27. The van der Waals surface area contributed by atoms with Crippen LogP contribution in [0.5, 0.6) is 0 Å². The summed E-state index contributed by atoms with van der Waals surface area (Å²) in [4.78, 5) is 49.9. The second-order valence-electron chi connectivity index (χ2n) is 13.2. The molecule has 2 aromatic rings. The van der Waals surface area contributed by atoms with Crippen LogP contribution in [-0.4, -0.2) is 101 Å². The van der Waals surface area contributed by atoms with Crippen LogP contribution in [0.1, 0.15) is 75.5 Å². The van der Waals surface area contributed by atoms with Crippen LogP contribution in [0, 0.1) is 36.5 Å². The zero-order valence-electron chi connectivity index (χ0n) is 29.1. The lowest BCUT2D eigenvalue weighted by atomic mass is 9.82.